The first kappa shape index (κ1) is 15.0. The molecule has 5 nitrogen and oxygen atoms in total. The van der Waals surface area contributed by atoms with E-state index in [0.29, 0.717) is 19.0 Å². The Morgan fingerprint density at radius 2 is 2.18 bits per heavy atom. The predicted octanol–water partition coefficient (Wildman–Crippen LogP) is 2.50. The lowest BCUT2D eigenvalue weighted by Gasteiger charge is -2.16. The van der Waals surface area contributed by atoms with Crippen LogP contribution in [0.2, 0.25) is 0 Å². The lowest BCUT2D eigenvalue weighted by molar-refractivity contribution is 0.0959. The van der Waals surface area contributed by atoms with E-state index in [4.69, 9.17) is 0 Å². The molecule has 0 radical (unpaired) electrons. The van der Waals surface area contributed by atoms with E-state index in [9.17, 15) is 4.79 Å². The predicted molar refractivity (Wildman–Crippen MR) is 88.4 cm³/mol. The molecule has 0 spiro atoms. The second-order valence-electron chi connectivity index (χ2n) is 5.66. The minimum absolute atomic E-state index is 0.0165. The molecule has 0 fully saturated rings. The summed E-state index contributed by atoms with van der Waals surface area (Å²) in [6.45, 7) is 3.44. The van der Waals surface area contributed by atoms with Crippen LogP contribution in [-0.2, 0) is 12.8 Å². The third kappa shape index (κ3) is 3.62. The molecule has 2 aromatic rings. The highest BCUT2D eigenvalue weighted by molar-refractivity contribution is 7.14. The van der Waals surface area contributed by atoms with Gasteiger partial charge in [0.2, 0.25) is 5.95 Å². The molecule has 0 aromatic carbocycles. The largest absolute Gasteiger partial charge is 0.352 e. The highest BCUT2D eigenvalue weighted by Crippen LogP contribution is 2.32. The summed E-state index contributed by atoms with van der Waals surface area (Å²) in [5.41, 5.74) is 1.37. The fourth-order valence-electron chi connectivity index (χ4n) is 2.65. The van der Waals surface area contributed by atoms with Gasteiger partial charge < -0.3 is 10.6 Å². The van der Waals surface area contributed by atoms with E-state index in [2.05, 4.69) is 33.6 Å². The summed E-state index contributed by atoms with van der Waals surface area (Å²) in [4.78, 5) is 22.6. The molecule has 1 amide bonds. The molecule has 3 rings (SSSR count). The molecule has 1 atom stereocenters. The van der Waals surface area contributed by atoms with Crippen LogP contribution in [0, 0.1) is 5.92 Å². The molecule has 22 heavy (non-hydrogen) atoms. The van der Waals surface area contributed by atoms with Crippen molar-refractivity contribution in [3.8, 4) is 0 Å². The van der Waals surface area contributed by atoms with Crippen molar-refractivity contribution in [1.82, 2.24) is 15.3 Å². The summed E-state index contributed by atoms with van der Waals surface area (Å²) >= 11 is 1.64. The van der Waals surface area contributed by atoms with E-state index in [1.165, 1.54) is 16.9 Å². The van der Waals surface area contributed by atoms with E-state index in [0.717, 1.165) is 23.6 Å². The molecule has 116 valence electrons. The number of hydrogen-bond donors (Lipinski definition) is 2. The highest BCUT2D eigenvalue weighted by Gasteiger charge is 2.20. The van der Waals surface area contributed by atoms with Gasteiger partial charge in [0.25, 0.3) is 5.91 Å². The molecule has 1 aliphatic rings. The van der Waals surface area contributed by atoms with Gasteiger partial charge in [-0.1, -0.05) is 6.92 Å². The van der Waals surface area contributed by atoms with E-state index in [1.807, 2.05) is 0 Å². The minimum Gasteiger partial charge on any atom is -0.352 e. The van der Waals surface area contributed by atoms with Crippen LogP contribution in [0.1, 0.15) is 33.5 Å². The quantitative estimate of drug-likeness (QED) is 0.832. The number of nitrogens with one attached hydrogen (secondary N) is 2. The van der Waals surface area contributed by atoms with E-state index in [1.54, 1.807) is 29.8 Å². The lowest BCUT2D eigenvalue weighted by atomic mass is 9.90. The van der Waals surface area contributed by atoms with Crippen molar-refractivity contribution in [2.45, 2.75) is 26.2 Å². The number of aromatic nitrogens is 2. The van der Waals surface area contributed by atoms with Gasteiger partial charge in [-0.2, -0.15) is 0 Å². The van der Waals surface area contributed by atoms with Crippen LogP contribution in [0.25, 0.3) is 0 Å². The fraction of sp³-hybridized carbons (Fsp3) is 0.438. The van der Waals surface area contributed by atoms with Gasteiger partial charge >= 0.3 is 0 Å². The number of fused-ring (bicyclic) bond motifs is 1. The van der Waals surface area contributed by atoms with Gasteiger partial charge in [-0.3, -0.25) is 4.79 Å². The van der Waals surface area contributed by atoms with Crippen LogP contribution < -0.4 is 10.6 Å². The zero-order chi connectivity index (χ0) is 15.4. The summed E-state index contributed by atoms with van der Waals surface area (Å²) in [7, 11) is 0. The molecule has 2 heterocycles. The number of anilines is 1. The summed E-state index contributed by atoms with van der Waals surface area (Å²) < 4.78 is 0. The number of carbonyl (C=O) groups excluding carboxylic acids is 1. The van der Waals surface area contributed by atoms with Gasteiger partial charge in [0, 0.05) is 30.4 Å². The highest BCUT2D eigenvalue weighted by atomic mass is 32.1. The van der Waals surface area contributed by atoms with Crippen LogP contribution in [0.5, 0.6) is 0 Å². The van der Waals surface area contributed by atoms with Crippen molar-refractivity contribution < 1.29 is 4.79 Å². The molecular weight excluding hydrogens is 296 g/mol. The van der Waals surface area contributed by atoms with Gasteiger partial charge in [-0.25, -0.2) is 9.97 Å². The maximum absolute atomic E-state index is 12.2. The van der Waals surface area contributed by atoms with Gasteiger partial charge in [-0.15, -0.1) is 11.3 Å². The van der Waals surface area contributed by atoms with Gasteiger partial charge in [0.15, 0.2) is 0 Å². The van der Waals surface area contributed by atoms with E-state index in [-0.39, 0.29) is 5.91 Å². The third-order valence-electron chi connectivity index (χ3n) is 3.81. The maximum Gasteiger partial charge on any atom is 0.261 e. The van der Waals surface area contributed by atoms with Crippen molar-refractivity contribution >= 4 is 23.2 Å². The van der Waals surface area contributed by atoms with Gasteiger partial charge in [-0.05, 0) is 42.9 Å². The summed E-state index contributed by atoms with van der Waals surface area (Å²) in [6, 6.07) is 3.84. The zero-order valence-electron chi connectivity index (χ0n) is 12.6. The standard InChI is InChI=1S/C16H20N4OS/c1-11-3-4-13-12(9-11)10-14(22-13)15(21)17-7-8-20-16-18-5-2-6-19-16/h2,5-6,10-11H,3-4,7-9H2,1H3,(H,17,21)(H,18,19,20). The first-order valence-electron chi connectivity index (χ1n) is 7.63. The van der Waals surface area contributed by atoms with Gasteiger partial charge in [0.1, 0.15) is 0 Å². The molecular formula is C16H20N4OS. The van der Waals surface area contributed by atoms with Crippen molar-refractivity contribution in [3.05, 3.63) is 39.8 Å². The number of hydrogen-bond acceptors (Lipinski definition) is 5. The monoisotopic (exact) mass is 316 g/mol. The Hall–Kier alpha value is -1.95. The molecule has 0 saturated heterocycles. The van der Waals surface area contributed by atoms with Crippen molar-refractivity contribution in [2.24, 2.45) is 5.92 Å². The summed E-state index contributed by atoms with van der Waals surface area (Å²) in [5.74, 6) is 1.33. The molecule has 2 N–H and O–H groups in total. The van der Waals surface area contributed by atoms with Crippen LogP contribution in [0.4, 0.5) is 5.95 Å². The van der Waals surface area contributed by atoms with E-state index >= 15 is 0 Å². The normalized spacial score (nSPS) is 16.9. The number of rotatable bonds is 5. The van der Waals surface area contributed by atoms with Crippen molar-refractivity contribution in [1.29, 1.82) is 0 Å². The van der Waals surface area contributed by atoms with Gasteiger partial charge in [0.05, 0.1) is 4.88 Å². The molecule has 6 heteroatoms. The van der Waals surface area contributed by atoms with Crippen LogP contribution >= 0.6 is 11.3 Å². The maximum atomic E-state index is 12.2. The topological polar surface area (TPSA) is 66.9 Å². The zero-order valence-corrected chi connectivity index (χ0v) is 13.4. The second-order valence-corrected chi connectivity index (χ2v) is 6.80. The molecule has 1 unspecified atom stereocenters. The molecule has 0 bridgehead atoms. The average Bonchev–Trinajstić information content (AvgIpc) is 2.95. The number of thiophene rings is 1. The second kappa shape index (κ2) is 6.87. The minimum atomic E-state index is 0.0165. The molecule has 1 aliphatic carbocycles. The molecule has 2 aromatic heterocycles. The molecule has 0 aliphatic heterocycles. The van der Waals surface area contributed by atoms with E-state index < -0.39 is 0 Å². The Kier molecular flexibility index (Phi) is 4.68. The fourth-order valence-corrected chi connectivity index (χ4v) is 3.77. The number of amides is 1. The Balaban J connectivity index is 1.48. The number of nitrogens with zero attached hydrogens (tertiary/aromatic N) is 2. The Morgan fingerprint density at radius 3 is 3.00 bits per heavy atom. The smallest absolute Gasteiger partial charge is 0.261 e. The lowest BCUT2D eigenvalue weighted by Crippen LogP contribution is -2.28. The Bertz CT molecular complexity index is 641. The van der Waals surface area contributed by atoms with Crippen LogP contribution in [0.15, 0.2) is 24.5 Å². The number of aryl methyl sites for hydroxylation is 1. The first-order chi connectivity index (χ1) is 10.7. The Morgan fingerprint density at radius 1 is 1.36 bits per heavy atom. The Labute approximate surface area is 134 Å². The third-order valence-corrected chi connectivity index (χ3v) is 5.05. The SMILES string of the molecule is CC1CCc2sc(C(=O)NCCNc3ncccn3)cc2C1. The average molecular weight is 316 g/mol. The number of carbonyl (C=O) groups is 1. The summed E-state index contributed by atoms with van der Waals surface area (Å²) in [5, 5.41) is 6.02. The van der Waals surface area contributed by atoms with Crippen molar-refractivity contribution in [3.63, 3.8) is 0 Å². The first-order valence-corrected chi connectivity index (χ1v) is 8.44. The van der Waals surface area contributed by atoms with Crippen LogP contribution in [0.3, 0.4) is 0 Å². The van der Waals surface area contributed by atoms with Crippen LogP contribution in [-0.4, -0.2) is 29.0 Å². The van der Waals surface area contributed by atoms with Crippen molar-refractivity contribution in [2.75, 3.05) is 18.4 Å². The summed E-state index contributed by atoms with van der Waals surface area (Å²) in [6.07, 6.45) is 6.82. The molecule has 0 saturated carbocycles.